The van der Waals surface area contributed by atoms with Gasteiger partial charge in [0.05, 0.1) is 10.3 Å². The van der Waals surface area contributed by atoms with Crippen molar-refractivity contribution in [2.45, 2.75) is 17.7 Å². The first-order valence-electron chi connectivity index (χ1n) is 6.96. The lowest BCUT2D eigenvalue weighted by molar-refractivity contribution is -0.120. The Labute approximate surface area is 147 Å². The summed E-state index contributed by atoms with van der Waals surface area (Å²) in [7, 11) is 0. The molecule has 0 bridgehead atoms. The van der Waals surface area contributed by atoms with Gasteiger partial charge in [-0.2, -0.15) is 0 Å². The Bertz CT molecular complexity index is 761. The molecule has 1 aromatic heterocycles. The minimum atomic E-state index is -1.01. The molecule has 2 N–H and O–H groups in total. The Balaban J connectivity index is 1.68. The highest BCUT2D eigenvalue weighted by Gasteiger charge is 2.67. The van der Waals surface area contributed by atoms with E-state index in [0.717, 1.165) is 0 Å². The number of anilines is 2. The highest BCUT2D eigenvalue weighted by Crippen LogP contribution is 2.64. The third kappa shape index (κ3) is 3.22. The van der Waals surface area contributed by atoms with Crippen LogP contribution in [0.2, 0.25) is 0 Å². The second kappa shape index (κ2) is 5.82. The summed E-state index contributed by atoms with van der Waals surface area (Å²) in [6, 6.07) is 10.5. The van der Waals surface area contributed by atoms with Crippen molar-refractivity contribution >= 4 is 57.7 Å². The summed E-state index contributed by atoms with van der Waals surface area (Å²) in [5, 5.41) is 7.43. The first-order chi connectivity index (χ1) is 10.8. The van der Waals surface area contributed by atoms with E-state index in [1.54, 1.807) is 37.3 Å². The topological polar surface area (TPSA) is 58.2 Å². The molecule has 0 spiro atoms. The first-order valence-corrected chi connectivity index (χ1v) is 8.60. The molecule has 1 unspecified atom stereocenters. The van der Waals surface area contributed by atoms with Gasteiger partial charge in [0.1, 0.15) is 4.33 Å². The minimum Gasteiger partial charge on any atom is -0.325 e. The predicted octanol–water partition coefficient (Wildman–Crippen LogP) is 4.52. The molecule has 1 aliphatic carbocycles. The average molecular weight is 369 g/mol. The van der Waals surface area contributed by atoms with E-state index in [9.17, 15) is 9.59 Å². The van der Waals surface area contributed by atoms with E-state index in [2.05, 4.69) is 10.6 Å². The Kier molecular flexibility index (Phi) is 4.12. The van der Waals surface area contributed by atoms with Gasteiger partial charge in [-0.1, -0.05) is 12.1 Å². The Hall–Kier alpha value is -1.56. The largest absolute Gasteiger partial charge is 0.325 e. The monoisotopic (exact) mass is 368 g/mol. The summed E-state index contributed by atoms with van der Waals surface area (Å²) in [5.41, 5.74) is 0.396. The van der Waals surface area contributed by atoms with Crippen molar-refractivity contribution in [1.82, 2.24) is 0 Å². The van der Waals surface area contributed by atoms with Gasteiger partial charge >= 0.3 is 0 Å². The number of halogens is 2. The van der Waals surface area contributed by atoms with E-state index in [0.29, 0.717) is 22.7 Å². The van der Waals surface area contributed by atoms with Crippen molar-refractivity contribution in [2.24, 2.45) is 5.41 Å². The molecule has 1 heterocycles. The second-order valence-electron chi connectivity index (χ2n) is 5.68. The van der Waals surface area contributed by atoms with Crippen LogP contribution in [0.5, 0.6) is 0 Å². The second-order valence-corrected chi connectivity index (χ2v) is 8.11. The maximum Gasteiger partial charge on any atom is 0.265 e. The van der Waals surface area contributed by atoms with Crippen molar-refractivity contribution < 1.29 is 9.59 Å². The number of alkyl halides is 2. The van der Waals surface area contributed by atoms with Crippen LogP contribution in [0.1, 0.15) is 23.0 Å². The summed E-state index contributed by atoms with van der Waals surface area (Å²) in [4.78, 5) is 24.9. The summed E-state index contributed by atoms with van der Waals surface area (Å²) in [6.07, 6.45) is 0.420. The zero-order chi connectivity index (χ0) is 16.7. The number of rotatable bonds is 4. The van der Waals surface area contributed by atoms with Gasteiger partial charge < -0.3 is 10.6 Å². The van der Waals surface area contributed by atoms with Gasteiger partial charge in [-0.05, 0) is 43.0 Å². The van der Waals surface area contributed by atoms with Crippen LogP contribution in [-0.4, -0.2) is 16.1 Å². The fourth-order valence-electron chi connectivity index (χ4n) is 2.19. The molecule has 4 nitrogen and oxygen atoms in total. The standard InChI is InChI=1S/C16H14Cl2N2O2S/c1-15(9-16(15,17)18)14(22)20-11-5-2-4-10(8-11)19-13(21)12-6-3-7-23-12/h2-8H,9H2,1H3,(H,19,21)(H,20,22). The van der Waals surface area contributed by atoms with Gasteiger partial charge in [-0.15, -0.1) is 34.5 Å². The maximum absolute atomic E-state index is 12.3. The molecule has 3 rings (SSSR count). The fourth-order valence-corrected chi connectivity index (χ4v) is 3.52. The molecular formula is C16H14Cl2N2O2S. The van der Waals surface area contributed by atoms with Crippen LogP contribution >= 0.6 is 34.5 Å². The molecule has 2 aromatic rings. The van der Waals surface area contributed by atoms with Gasteiger partial charge in [0.25, 0.3) is 5.91 Å². The van der Waals surface area contributed by atoms with Gasteiger partial charge in [-0.25, -0.2) is 0 Å². The van der Waals surface area contributed by atoms with Crippen molar-refractivity contribution in [2.75, 3.05) is 10.6 Å². The van der Waals surface area contributed by atoms with Crippen LogP contribution in [-0.2, 0) is 4.79 Å². The van der Waals surface area contributed by atoms with Crippen LogP contribution in [0.15, 0.2) is 41.8 Å². The van der Waals surface area contributed by atoms with Gasteiger partial charge in [0, 0.05) is 11.4 Å². The Morgan fingerprint density at radius 3 is 2.35 bits per heavy atom. The number of thiophene rings is 1. The molecule has 7 heteroatoms. The zero-order valence-electron chi connectivity index (χ0n) is 12.2. The molecule has 120 valence electrons. The van der Waals surface area contributed by atoms with E-state index in [-0.39, 0.29) is 11.8 Å². The number of hydrogen-bond acceptors (Lipinski definition) is 3. The van der Waals surface area contributed by atoms with Crippen LogP contribution in [0.4, 0.5) is 11.4 Å². The number of carbonyl (C=O) groups excluding carboxylic acids is 2. The molecule has 1 atom stereocenters. The highest BCUT2D eigenvalue weighted by molar-refractivity contribution is 7.12. The molecule has 2 amide bonds. The van der Waals surface area contributed by atoms with Gasteiger partial charge in [0.15, 0.2) is 0 Å². The smallest absolute Gasteiger partial charge is 0.265 e. The number of benzene rings is 1. The molecule has 1 aromatic carbocycles. The predicted molar refractivity (Wildman–Crippen MR) is 94.5 cm³/mol. The normalized spacial score (nSPS) is 21.5. The van der Waals surface area contributed by atoms with Crippen LogP contribution in [0.25, 0.3) is 0 Å². The van der Waals surface area contributed by atoms with Crippen LogP contribution in [0.3, 0.4) is 0 Å². The van der Waals surface area contributed by atoms with E-state index in [1.165, 1.54) is 11.3 Å². The molecule has 0 saturated heterocycles. The lowest BCUT2D eigenvalue weighted by Crippen LogP contribution is -2.26. The summed E-state index contributed by atoms with van der Waals surface area (Å²) in [5.74, 6) is -0.414. The number of nitrogens with one attached hydrogen (secondary N) is 2. The van der Waals surface area contributed by atoms with Crippen molar-refractivity contribution in [3.05, 3.63) is 46.7 Å². The van der Waals surface area contributed by atoms with Crippen LogP contribution in [0, 0.1) is 5.41 Å². The molecule has 23 heavy (non-hydrogen) atoms. The Morgan fingerprint density at radius 1 is 1.13 bits per heavy atom. The maximum atomic E-state index is 12.3. The third-order valence-corrected chi connectivity index (χ3v) is 5.85. The van der Waals surface area contributed by atoms with E-state index >= 15 is 0 Å². The molecule has 0 radical (unpaired) electrons. The first kappa shape index (κ1) is 16.3. The average Bonchev–Trinajstić information content (AvgIpc) is 2.87. The van der Waals surface area contributed by atoms with Crippen molar-refractivity contribution in [3.63, 3.8) is 0 Å². The quantitative estimate of drug-likeness (QED) is 0.779. The lowest BCUT2D eigenvalue weighted by Gasteiger charge is -2.13. The van der Waals surface area contributed by atoms with Crippen LogP contribution < -0.4 is 10.6 Å². The number of hydrogen-bond donors (Lipinski definition) is 2. The van der Waals surface area contributed by atoms with E-state index in [4.69, 9.17) is 23.2 Å². The SMILES string of the molecule is CC1(C(=O)Nc2cccc(NC(=O)c3cccs3)c2)CC1(Cl)Cl. The minimum absolute atomic E-state index is 0.182. The lowest BCUT2D eigenvalue weighted by atomic mass is 10.1. The number of amides is 2. The fraction of sp³-hybridized carbons (Fsp3) is 0.250. The van der Waals surface area contributed by atoms with Crippen molar-refractivity contribution in [3.8, 4) is 0 Å². The summed E-state index contributed by atoms with van der Waals surface area (Å²) >= 11 is 13.4. The van der Waals surface area contributed by atoms with Crippen molar-refractivity contribution in [1.29, 1.82) is 0 Å². The zero-order valence-corrected chi connectivity index (χ0v) is 14.6. The summed E-state index contributed by atoms with van der Waals surface area (Å²) < 4.78 is -1.01. The number of carbonyl (C=O) groups is 2. The third-order valence-electron chi connectivity index (χ3n) is 3.88. The van der Waals surface area contributed by atoms with E-state index < -0.39 is 9.75 Å². The Morgan fingerprint density at radius 2 is 1.78 bits per heavy atom. The highest BCUT2D eigenvalue weighted by atomic mass is 35.5. The van der Waals surface area contributed by atoms with E-state index in [1.807, 2.05) is 11.4 Å². The molecule has 1 fully saturated rings. The summed E-state index contributed by atoms with van der Waals surface area (Å²) in [6.45, 7) is 1.73. The molecule has 1 saturated carbocycles. The molecule has 1 aliphatic rings. The van der Waals surface area contributed by atoms with Gasteiger partial charge in [0.2, 0.25) is 5.91 Å². The molecular weight excluding hydrogens is 355 g/mol. The van der Waals surface area contributed by atoms with Gasteiger partial charge in [-0.3, -0.25) is 9.59 Å². The molecule has 0 aliphatic heterocycles.